The summed E-state index contributed by atoms with van der Waals surface area (Å²) in [5.41, 5.74) is 2.88. The highest BCUT2D eigenvalue weighted by atomic mass is 15.3. The fourth-order valence-electron chi connectivity index (χ4n) is 2.96. The number of nitriles is 2. The van der Waals surface area contributed by atoms with E-state index in [1.807, 2.05) is 18.5 Å². The van der Waals surface area contributed by atoms with Gasteiger partial charge in [-0.25, -0.2) is 0 Å². The maximum atomic E-state index is 9.58. The van der Waals surface area contributed by atoms with E-state index in [9.17, 15) is 5.26 Å². The predicted octanol–water partition coefficient (Wildman–Crippen LogP) is 2.59. The molecule has 0 saturated carbocycles. The highest BCUT2D eigenvalue weighted by molar-refractivity contribution is 5.88. The maximum absolute atomic E-state index is 9.58. The molecule has 0 N–H and O–H groups in total. The Balaban J connectivity index is 2.06. The van der Waals surface area contributed by atoms with Crippen LogP contribution in [-0.4, -0.2) is 19.3 Å². The van der Waals surface area contributed by atoms with Gasteiger partial charge < -0.3 is 9.13 Å². The first-order chi connectivity index (χ1) is 11.2. The second-order valence-electron chi connectivity index (χ2n) is 5.81. The molecule has 2 aromatic heterocycles. The number of hydrogen-bond acceptors (Lipinski definition) is 4. The van der Waals surface area contributed by atoms with E-state index in [1.54, 1.807) is 12.1 Å². The van der Waals surface area contributed by atoms with Gasteiger partial charge in [0.25, 0.3) is 0 Å². The second kappa shape index (κ2) is 6.10. The van der Waals surface area contributed by atoms with Crippen molar-refractivity contribution in [2.75, 3.05) is 0 Å². The molecule has 116 valence electrons. The number of hydrogen-bond donors (Lipinski definition) is 0. The highest BCUT2D eigenvalue weighted by Gasteiger charge is 2.18. The van der Waals surface area contributed by atoms with Crippen molar-refractivity contribution >= 4 is 11.6 Å². The summed E-state index contributed by atoms with van der Waals surface area (Å²) >= 11 is 0. The van der Waals surface area contributed by atoms with E-state index in [2.05, 4.69) is 26.9 Å². The monoisotopic (exact) mass is 306 g/mol. The lowest BCUT2D eigenvalue weighted by molar-refractivity contribution is 0.627. The first-order valence-corrected chi connectivity index (χ1v) is 7.76. The van der Waals surface area contributed by atoms with E-state index in [1.165, 1.54) is 6.42 Å². The van der Waals surface area contributed by atoms with Crippen molar-refractivity contribution in [2.45, 2.75) is 39.2 Å². The van der Waals surface area contributed by atoms with Crippen molar-refractivity contribution in [2.24, 2.45) is 7.05 Å². The van der Waals surface area contributed by atoms with E-state index in [0.29, 0.717) is 17.1 Å². The molecule has 6 nitrogen and oxygen atoms in total. The van der Waals surface area contributed by atoms with Crippen LogP contribution in [0.25, 0.3) is 11.6 Å². The van der Waals surface area contributed by atoms with E-state index < -0.39 is 0 Å². The first-order valence-electron chi connectivity index (χ1n) is 7.76. The van der Waals surface area contributed by atoms with Crippen molar-refractivity contribution < 1.29 is 0 Å². The molecule has 1 aliphatic heterocycles. The Labute approximate surface area is 135 Å². The zero-order valence-corrected chi connectivity index (χ0v) is 13.4. The van der Waals surface area contributed by atoms with Crippen LogP contribution in [0.15, 0.2) is 6.07 Å². The van der Waals surface area contributed by atoms with Gasteiger partial charge in [-0.1, -0.05) is 6.42 Å². The van der Waals surface area contributed by atoms with Crippen LogP contribution >= 0.6 is 0 Å². The van der Waals surface area contributed by atoms with Crippen LogP contribution in [0.3, 0.4) is 0 Å². The molecule has 2 aromatic rings. The minimum absolute atomic E-state index is 0.490. The molecular formula is C17H18N6. The largest absolute Gasteiger partial charge is 0.339 e. The summed E-state index contributed by atoms with van der Waals surface area (Å²) in [6, 6.07) is 6.20. The molecule has 1 aliphatic rings. The lowest BCUT2D eigenvalue weighted by atomic mass is 10.1. The van der Waals surface area contributed by atoms with Gasteiger partial charge in [-0.15, -0.1) is 10.2 Å². The topological polar surface area (TPSA) is 83.2 Å². The Hall–Kier alpha value is -2.86. The summed E-state index contributed by atoms with van der Waals surface area (Å²) in [4.78, 5) is 0. The number of aryl methyl sites for hydroxylation is 1. The molecule has 3 heterocycles. The summed E-state index contributed by atoms with van der Waals surface area (Å²) in [5.74, 6) is 1.59. The molecule has 0 aliphatic carbocycles. The van der Waals surface area contributed by atoms with E-state index in [0.717, 1.165) is 42.9 Å². The average Bonchev–Trinajstić information content (AvgIpc) is 2.97. The number of allylic oxidation sites excluding steroid dienone is 1. The second-order valence-corrected chi connectivity index (χ2v) is 5.81. The normalized spacial score (nSPS) is 14.7. The van der Waals surface area contributed by atoms with Gasteiger partial charge in [0, 0.05) is 25.7 Å². The summed E-state index contributed by atoms with van der Waals surface area (Å²) in [5, 5.41) is 27.2. The van der Waals surface area contributed by atoms with Gasteiger partial charge in [-0.2, -0.15) is 10.5 Å². The van der Waals surface area contributed by atoms with Crippen molar-refractivity contribution in [3.8, 4) is 12.1 Å². The summed E-state index contributed by atoms with van der Waals surface area (Å²) < 4.78 is 3.89. The maximum Gasteiger partial charge on any atom is 0.174 e. The minimum Gasteiger partial charge on any atom is -0.339 e. The van der Waals surface area contributed by atoms with Gasteiger partial charge in [0.1, 0.15) is 23.7 Å². The smallest absolute Gasteiger partial charge is 0.174 e. The fraction of sp³-hybridized carbons (Fsp3) is 0.412. The van der Waals surface area contributed by atoms with Crippen molar-refractivity contribution in [1.82, 2.24) is 19.3 Å². The molecule has 0 amide bonds. The quantitative estimate of drug-likeness (QED) is 0.798. The standard InChI is InChI=1S/C17H18N6/c1-12-13(9-15(11-19)22(12)2)8-14(10-18)17-21-20-16-6-4-3-5-7-23(16)17/h8-9H,3-7H2,1-2H3/b14-8+. The molecule has 6 heteroatoms. The Morgan fingerprint density at radius 2 is 2.09 bits per heavy atom. The Bertz CT molecular complexity index is 853. The van der Waals surface area contributed by atoms with Crippen LogP contribution in [0.4, 0.5) is 0 Å². The summed E-state index contributed by atoms with van der Waals surface area (Å²) in [7, 11) is 1.85. The number of nitrogens with zero attached hydrogens (tertiary/aromatic N) is 6. The predicted molar refractivity (Wildman–Crippen MR) is 85.9 cm³/mol. The highest BCUT2D eigenvalue weighted by Crippen LogP contribution is 2.23. The third-order valence-electron chi connectivity index (χ3n) is 4.46. The number of aromatic nitrogens is 4. The average molecular weight is 306 g/mol. The molecule has 0 bridgehead atoms. The molecule has 0 fully saturated rings. The molecule has 0 aromatic carbocycles. The minimum atomic E-state index is 0.490. The van der Waals surface area contributed by atoms with Crippen LogP contribution in [0.5, 0.6) is 0 Å². The molecular weight excluding hydrogens is 288 g/mol. The van der Waals surface area contributed by atoms with Crippen molar-refractivity contribution in [3.05, 3.63) is 34.7 Å². The third kappa shape index (κ3) is 2.64. The lowest BCUT2D eigenvalue weighted by Gasteiger charge is -2.05. The molecule has 0 saturated heterocycles. The lowest BCUT2D eigenvalue weighted by Crippen LogP contribution is -2.05. The Morgan fingerprint density at radius 3 is 2.78 bits per heavy atom. The van der Waals surface area contributed by atoms with Gasteiger partial charge in [-0.05, 0) is 37.5 Å². The fourth-order valence-corrected chi connectivity index (χ4v) is 2.96. The van der Waals surface area contributed by atoms with Crippen LogP contribution in [0, 0.1) is 29.6 Å². The molecule has 0 unspecified atom stereocenters. The molecule has 0 radical (unpaired) electrons. The Kier molecular flexibility index (Phi) is 3.99. The van der Waals surface area contributed by atoms with Crippen LogP contribution < -0.4 is 0 Å². The summed E-state index contributed by atoms with van der Waals surface area (Å²) in [6.07, 6.45) is 6.09. The van der Waals surface area contributed by atoms with Gasteiger partial charge in [0.2, 0.25) is 0 Å². The molecule has 23 heavy (non-hydrogen) atoms. The van der Waals surface area contributed by atoms with Gasteiger partial charge in [-0.3, -0.25) is 0 Å². The molecule has 0 spiro atoms. The Morgan fingerprint density at radius 1 is 1.26 bits per heavy atom. The number of rotatable bonds is 2. The van der Waals surface area contributed by atoms with Crippen LogP contribution in [0.2, 0.25) is 0 Å². The zero-order chi connectivity index (χ0) is 16.4. The first kappa shape index (κ1) is 15.1. The van der Waals surface area contributed by atoms with Crippen LogP contribution in [0.1, 0.15) is 47.9 Å². The number of fused-ring (bicyclic) bond motifs is 1. The molecule has 3 rings (SSSR count). The van der Waals surface area contributed by atoms with Crippen LogP contribution in [-0.2, 0) is 20.0 Å². The van der Waals surface area contributed by atoms with Gasteiger partial charge in [0.05, 0.1) is 5.57 Å². The zero-order valence-electron chi connectivity index (χ0n) is 13.4. The molecule has 0 atom stereocenters. The third-order valence-corrected chi connectivity index (χ3v) is 4.46. The van der Waals surface area contributed by atoms with Crippen molar-refractivity contribution in [1.29, 1.82) is 10.5 Å². The van der Waals surface area contributed by atoms with Gasteiger partial charge in [0.15, 0.2) is 5.82 Å². The summed E-state index contributed by atoms with van der Waals surface area (Å²) in [6.45, 7) is 2.79. The van der Waals surface area contributed by atoms with Crippen molar-refractivity contribution in [3.63, 3.8) is 0 Å². The van der Waals surface area contributed by atoms with E-state index in [4.69, 9.17) is 5.26 Å². The van der Waals surface area contributed by atoms with Gasteiger partial charge >= 0.3 is 0 Å². The van der Waals surface area contributed by atoms with E-state index in [-0.39, 0.29) is 0 Å². The SMILES string of the molecule is Cc1c(/C=C(\C#N)c2nnc3n2CCCCC3)cc(C#N)n1C. The van der Waals surface area contributed by atoms with E-state index >= 15 is 0 Å².